The van der Waals surface area contributed by atoms with Crippen molar-refractivity contribution in [1.29, 1.82) is 0 Å². The fourth-order valence-corrected chi connectivity index (χ4v) is 2.48. The fraction of sp³-hybridized carbons (Fsp3) is 0.294. The molecule has 1 aromatic carbocycles. The monoisotopic (exact) mass is 429 g/mol. The van der Waals surface area contributed by atoms with Gasteiger partial charge < -0.3 is 20.4 Å². The average Bonchev–Trinajstić information content (AvgIpc) is 2.99. The molecule has 2 aromatic rings. The Bertz CT molecular complexity index is 733. The summed E-state index contributed by atoms with van der Waals surface area (Å²) < 4.78 is 5.76. The van der Waals surface area contributed by atoms with Crippen LogP contribution in [-0.2, 0) is 0 Å². The third kappa shape index (κ3) is 5.59. The minimum absolute atomic E-state index is 0. The Morgan fingerprint density at radius 3 is 2.56 bits per heavy atom. The van der Waals surface area contributed by atoms with Crippen LogP contribution in [0, 0.1) is 0 Å². The number of nitrogens with two attached hydrogens (primary N) is 1. The number of halogens is 2. The number of benzene rings is 1. The van der Waals surface area contributed by atoms with Gasteiger partial charge in [-0.3, -0.25) is 9.59 Å². The quantitative estimate of drug-likeness (QED) is 0.736. The number of hydrogen-bond donors (Lipinski definition) is 2. The lowest BCUT2D eigenvalue weighted by Crippen LogP contribution is -2.32. The van der Waals surface area contributed by atoms with E-state index in [1.54, 1.807) is 43.4 Å². The first kappa shape index (κ1) is 21.2. The number of carbonyl (C=O) groups is 2. The second kappa shape index (κ2) is 9.60. The molecule has 1 unspecified atom stereocenters. The molecule has 136 valence electrons. The number of amides is 2. The molecule has 1 aromatic heterocycles. The molecule has 0 aliphatic carbocycles. The van der Waals surface area contributed by atoms with E-state index >= 15 is 0 Å². The number of hydrogen-bond acceptors (Lipinski definition) is 4. The van der Waals surface area contributed by atoms with E-state index in [9.17, 15) is 9.59 Å². The highest BCUT2D eigenvalue weighted by molar-refractivity contribution is 9.10. The second-order valence-corrected chi connectivity index (χ2v) is 6.29. The van der Waals surface area contributed by atoms with Crippen LogP contribution in [0.25, 0.3) is 0 Å². The van der Waals surface area contributed by atoms with Gasteiger partial charge >= 0.3 is 0 Å². The molecule has 0 saturated heterocycles. The summed E-state index contributed by atoms with van der Waals surface area (Å²) in [6.45, 7) is 2.36. The van der Waals surface area contributed by atoms with Crippen LogP contribution in [0.2, 0.25) is 0 Å². The van der Waals surface area contributed by atoms with Crippen molar-refractivity contribution >= 4 is 45.8 Å². The molecule has 3 N–H and O–H groups in total. The molecule has 0 aliphatic rings. The first-order valence-corrected chi connectivity index (χ1v) is 8.35. The Balaban J connectivity index is 0.00000312. The van der Waals surface area contributed by atoms with Crippen molar-refractivity contribution in [2.45, 2.75) is 19.4 Å². The molecule has 0 bridgehead atoms. The van der Waals surface area contributed by atoms with Gasteiger partial charge in [0.25, 0.3) is 11.8 Å². The third-order valence-electron chi connectivity index (χ3n) is 3.48. The number of carbonyl (C=O) groups excluding carboxylic acids is 2. The van der Waals surface area contributed by atoms with Crippen LogP contribution >= 0.6 is 28.3 Å². The van der Waals surface area contributed by atoms with Crippen molar-refractivity contribution in [1.82, 2.24) is 5.32 Å². The van der Waals surface area contributed by atoms with Gasteiger partial charge in [0, 0.05) is 19.6 Å². The molecule has 0 fully saturated rings. The largest absolute Gasteiger partial charge is 0.444 e. The van der Waals surface area contributed by atoms with Crippen molar-refractivity contribution < 1.29 is 14.0 Å². The number of furan rings is 1. The van der Waals surface area contributed by atoms with Gasteiger partial charge in [0.1, 0.15) is 0 Å². The summed E-state index contributed by atoms with van der Waals surface area (Å²) >= 11 is 3.17. The molecule has 0 saturated carbocycles. The van der Waals surface area contributed by atoms with Crippen molar-refractivity contribution in [2.24, 2.45) is 5.73 Å². The van der Waals surface area contributed by atoms with Crippen LogP contribution < -0.4 is 16.0 Å². The summed E-state index contributed by atoms with van der Waals surface area (Å²) in [5.74, 6) is -0.389. The minimum atomic E-state index is -0.337. The molecule has 1 heterocycles. The first-order valence-electron chi connectivity index (χ1n) is 7.56. The Labute approximate surface area is 161 Å². The third-order valence-corrected chi connectivity index (χ3v) is 3.91. The van der Waals surface area contributed by atoms with Gasteiger partial charge in [0.2, 0.25) is 0 Å². The SMILES string of the molecule is CC(N)CCNC(=O)c1ccccc1N(C)C(=O)c1ccc(Br)o1.Cl. The van der Waals surface area contributed by atoms with Crippen LogP contribution in [0.4, 0.5) is 5.69 Å². The summed E-state index contributed by atoms with van der Waals surface area (Å²) in [6.07, 6.45) is 0.684. The maximum Gasteiger partial charge on any atom is 0.293 e. The lowest BCUT2D eigenvalue weighted by Gasteiger charge is -2.19. The normalized spacial score (nSPS) is 11.4. The molecule has 6 nitrogen and oxygen atoms in total. The van der Waals surface area contributed by atoms with Gasteiger partial charge in [-0.1, -0.05) is 12.1 Å². The van der Waals surface area contributed by atoms with Crippen LogP contribution in [0.5, 0.6) is 0 Å². The molecular formula is C17H21BrClN3O3. The molecule has 25 heavy (non-hydrogen) atoms. The van der Waals surface area contributed by atoms with Crippen LogP contribution in [0.3, 0.4) is 0 Å². The predicted molar refractivity (Wildman–Crippen MR) is 103 cm³/mol. The minimum Gasteiger partial charge on any atom is -0.444 e. The van der Waals surface area contributed by atoms with E-state index in [-0.39, 0.29) is 36.0 Å². The molecule has 1 atom stereocenters. The zero-order valence-corrected chi connectivity index (χ0v) is 16.4. The first-order chi connectivity index (χ1) is 11.4. The summed E-state index contributed by atoms with van der Waals surface area (Å²) in [5, 5.41) is 2.82. The fourth-order valence-electron chi connectivity index (χ4n) is 2.17. The number of nitrogens with one attached hydrogen (secondary N) is 1. The molecule has 0 radical (unpaired) electrons. The Morgan fingerprint density at radius 2 is 1.96 bits per heavy atom. The van der Waals surface area contributed by atoms with E-state index in [2.05, 4.69) is 21.2 Å². The smallest absolute Gasteiger partial charge is 0.293 e. The maximum absolute atomic E-state index is 12.5. The van der Waals surface area contributed by atoms with Crippen molar-refractivity contribution in [3.05, 3.63) is 52.4 Å². The second-order valence-electron chi connectivity index (χ2n) is 5.51. The van der Waals surface area contributed by atoms with E-state index < -0.39 is 0 Å². The number of para-hydroxylation sites is 1. The Hall–Kier alpha value is -1.83. The van der Waals surface area contributed by atoms with Crippen molar-refractivity contribution in [3.8, 4) is 0 Å². The highest BCUT2D eigenvalue weighted by atomic mass is 79.9. The van der Waals surface area contributed by atoms with Gasteiger partial charge in [-0.25, -0.2) is 0 Å². The molecular weight excluding hydrogens is 410 g/mol. The van der Waals surface area contributed by atoms with Crippen molar-refractivity contribution in [2.75, 3.05) is 18.5 Å². The van der Waals surface area contributed by atoms with E-state index in [1.807, 2.05) is 6.92 Å². The summed E-state index contributed by atoms with van der Waals surface area (Å²) in [7, 11) is 1.60. The lowest BCUT2D eigenvalue weighted by molar-refractivity contribution is 0.0953. The number of nitrogens with zero attached hydrogens (tertiary/aromatic N) is 1. The predicted octanol–water partition coefficient (Wildman–Crippen LogP) is 3.21. The molecule has 2 rings (SSSR count). The Kier molecular flexibility index (Phi) is 8.15. The molecule has 2 amide bonds. The molecule has 0 spiro atoms. The van der Waals surface area contributed by atoms with Crippen LogP contribution in [0.1, 0.15) is 34.3 Å². The average molecular weight is 431 g/mol. The molecule has 8 heteroatoms. The molecule has 0 aliphatic heterocycles. The van der Waals surface area contributed by atoms with E-state index in [4.69, 9.17) is 10.2 Å². The number of rotatable bonds is 6. The number of anilines is 1. The summed E-state index contributed by atoms with van der Waals surface area (Å²) in [4.78, 5) is 26.3. The van der Waals surface area contributed by atoms with E-state index in [0.29, 0.717) is 28.9 Å². The Morgan fingerprint density at radius 1 is 1.28 bits per heavy atom. The zero-order chi connectivity index (χ0) is 17.7. The lowest BCUT2D eigenvalue weighted by atomic mass is 10.1. The topological polar surface area (TPSA) is 88.6 Å². The van der Waals surface area contributed by atoms with Gasteiger partial charge in [-0.15, -0.1) is 12.4 Å². The highest BCUT2D eigenvalue weighted by Crippen LogP contribution is 2.23. The zero-order valence-electron chi connectivity index (χ0n) is 14.0. The van der Waals surface area contributed by atoms with Crippen LogP contribution in [0.15, 0.2) is 45.5 Å². The van der Waals surface area contributed by atoms with Gasteiger partial charge in [-0.05, 0) is 53.5 Å². The highest BCUT2D eigenvalue weighted by Gasteiger charge is 2.21. The van der Waals surface area contributed by atoms with Crippen LogP contribution in [-0.4, -0.2) is 31.4 Å². The van der Waals surface area contributed by atoms with E-state index in [1.165, 1.54) is 4.90 Å². The summed E-state index contributed by atoms with van der Waals surface area (Å²) in [5.41, 5.74) is 6.61. The maximum atomic E-state index is 12.5. The van der Waals surface area contributed by atoms with E-state index in [0.717, 1.165) is 0 Å². The van der Waals surface area contributed by atoms with Crippen molar-refractivity contribution in [3.63, 3.8) is 0 Å². The van der Waals surface area contributed by atoms with Gasteiger partial charge in [0.15, 0.2) is 10.4 Å². The van der Waals surface area contributed by atoms with Gasteiger partial charge in [-0.2, -0.15) is 0 Å². The standard InChI is InChI=1S/C17H20BrN3O3.ClH/c1-11(19)9-10-20-16(22)12-5-3-4-6-13(12)21(2)17(23)14-7-8-15(18)24-14;/h3-8,11H,9-10,19H2,1-2H3,(H,20,22);1H. The summed E-state index contributed by atoms with van der Waals surface area (Å²) in [6, 6.07) is 10.2. The van der Waals surface area contributed by atoms with Gasteiger partial charge in [0.05, 0.1) is 11.3 Å².